The van der Waals surface area contributed by atoms with Crippen LogP contribution in [0.3, 0.4) is 0 Å². The first kappa shape index (κ1) is 83.0. The number of esters is 2. The Morgan fingerprint density at radius 1 is 0.345 bits per heavy atom. The summed E-state index contributed by atoms with van der Waals surface area (Å²) in [6, 6.07) is 0. The van der Waals surface area contributed by atoms with Gasteiger partial charge in [0.15, 0.2) is 6.10 Å². The van der Waals surface area contributed by atoms with E-state index >= 15 is 0 Å². The molecule has 0 radical (unpaired) electrons. The number of carbonyl (C=O) groups excluding carboxylic acids is 2. The van der Waals surface area contributed by atoms with Crippen LogP contribution in [0.25, 0.3) is 0 Å². The Balaban J connectivity index is 4.04. The van der Waals surface area contributed by atoms with Crippen LogP contribution in [0, 0.1) is 0 Å². The molecule has 0 saturated carbocycles. The van der Waals surface area contributed by atoms with E-state index < -0.39 is 24.3 Å². The summed E-state index contributed by atoms with van der Waals surface area (Å²) in [5.41, 5.74) is 0. The maximum atomic E-state index is 12.9. The first-order valence-electron chi connectivity index (χ1n) is 36.1. The minimum Gasteiger partial charge on any atom is -0.477 e. The number of carboxylic acid groups (broad SMARTS) is 1. The zero-order valence-corrected chi connectivity index (χ0v) is 57.2. The van der Waals surface area contributed by atoms with Gasteiger partial charge in [-0.15, -0.1) is 0 Å². The third-order valence-electron chi connectivity index (χ3n) is 15.5. The highest BCUT2D eigenvalue weighted by atomic mass is 16.7. The van der Waals surface area contributed by atoms with Gasteiger partial charge in [0.05, 0.1) is 34.4 Å². The van der Waals surface area contributed by atoms with Gasteiger partial charge in [-0.25, -0.2) is 4.79 Å². The molecule has 0 heterocycles. The van der Waals surface area contributed by atoms with Crippen molar-refractivity contribution < 1.29 is 42.9 Å². The summed E-state index contributed by atoms with van der Waals surface area (Å²) in [4.78, 5) is 37.6. The molecule has 0 amide bonds. The van der Waals surface area contributed by atoms with Crippen LogP contribution in [0.4, 0.5) is 0 Å². The number of rotatable bonds is 66. The molecule has 1 N–H and O–H groups in total. The van der Waals surface area contributed by atoms with Crippen molar-refractivity contribution in [2.75, 3.05) is 47.5 Å². The summed E-state index contributed by atoms with van der Waals surface area (Å²) in [5.74, 6) is -2.00. The number of allylic oxidation sites excluding steroid dienone is 18. The topological polar surface area (TPSA) is 108 Å². The Hall–Kier alpha value is -4.05. The highest BCUT2D eigenvalue weighted by Crippen LogP contribution is 2.18. The number of unbranched alkanes of at least 4 members (excludes halogenated alkanes) is 33. The first-order valence-corrected chi connectivity index (χ1v) is 36.1. The molecule has 0 saturated heterocycles. The smallest absolute Gasteiger partial charge is 0.361 e. The van der Waals surface area contributed by atoms with Crippen LogP contribution < -0.4 is 0 Å². The van der Waals surface area contributed by atoms with E-state index in [0.717, 1.165) is 103 Å². The second-order valence-electron chi connectivity index (χ2n) is 25.1. The predicted molar refractivity (Wildman–Crippen MR) is 373 cm³/mol. The van der Waals surface area contributed by atoms with Gasteiger partial charge in [0.25, 0.3) is 6.29 Å². The minimum atomic E-state index is -1.52. The average Bonchev–Trinajstić information content (AvgIpc) is 3.59. The minimum absolute atomic E-state index is 0.184. The molecule has 9 nitrogen and oxygen atoms in total. The molecule has 0 aromatic carbocycles. The normalized spacial score (nSPS) is 13.3. The molecule has 2 atom stereocenters. The molecule has 0 aromatic heterocycles. The molecule has 0 aromatic rings. The molecular formula is C78H136NO8+. The summed E-state index contributed by atoms with van der Waals surface area (Å²) in [6.07, 6.45) is 92.1. The van der Waals surface area contributed by atoms with Gasteiger partial charge >= 0.3 is 17.9 Å². The van der Waals surface area contributed by atoms with Gasteiger partial charge in [-0.2, -0.15) is 0 Å². The lowest BCUT2D eigenvalue weighted by Gasteiger charge is -2.25. The Morgan fingerprint density at radius 3 is 0.920 bits per heavy atom. The second-order valence-corrected chi connectivity index (χ2v) is 25.1. The molecule has 0 aliphatic heterocycles. The fourth-order valence-corrected chi connectivity index (χ4v) is 10.1. The molecule has 9 heteroatoms. The number of hydrogen-bond acceptors (Lipinski definition) is 7. The SMILES string of the molecule is CC/C=C\C/C=C\C/C=C\C/C=C\C/C=C\CCCCCCCCCCCC(=O)OC(COC(=O)CCCCCCCCCCCCCCCCCCCCCCCCCC/C=C\C/C=C\C/C=C\C/C=C\CC)COC(OCC[N+](C)(C)C)C(=O)O. The molecule has 0 aliphatic carbocycles. The standard InChI is InChI=1S/C78H135NO8/c1-6-8-10-12-14-16-18-20-22-24-26-28-30-32-33-34-35-36-37-38-39-40-41-42-43-45-46-48-50-52-54-56-58-60-62-64-66-68-75(80)85-72-74(73-86-78(77(82)83)84-71-70-79(3,4)5)87-76(81)69-67-65-63-61-59-57-55-53-51-49-47-44-31-29-27-25-23-21-19-17-15-13-11-9-7-2/h8-11,14-17,20-23,26-29,44,47,74,78H,6-7,12-13,18-19,24-25,30-43,45-46,48-73H2,1-5H3/p+1/b10-8-,11-9-,16-14-,17-15-,22-20-,23-21-,28-26-,29-27-,47-44-. The summed E-state index contributed by atoms with van der Waals surface area (Å²) in [5, 5.41) is 9.75. The van der Waals surface area contributed by atoms with Crippen LogP contribution in [0.2, 0.25) is 0 Å². The monoisotopic (exact) mass is 1220 g/mol. The van der Waals surface area contributed by atoms with E-state index in [9.17, 15) is 19.5 Å². The van der Waals surface area contributed by atoms with Crippen molar-refractivity contribution in [1.29, 1.82) is 0 Å². The lowest BCUT2D eigenvalue weighted by Crippen LogP contribution is -2.40. The second kappa shape index (κ2) is 67.9. The average molecular weight is 1220 g/mol. The summed E-state index contributed by atoms with van der Waals surface area (Å²) >= 11 is 0. The number of aliphatic carboxylic acids is 1. The van der Waals surface area contributed by atoms with Crippen molar-refractivity contribution in [1.82, 2.24) is 0 Å². The maximum absolute atomic E-state index is 12.9. The van der Waals surface area contributed by atoms with Crippen LogP contribution >= 0.6 is 0 Å². The van der Waals surface area contributed by atoms with Crippen LogP contribution in [-0.2, 0) is 33.3 Å². The van der Waals surface area contributed by atoms with E-state index in [0.29, 0.717) is 23.9 Å². The largest absolute Gasteiger partial charge is 0.477 e. The summed E-state index contributed by atoms with van der Waals surface area (Å²) in [6.45, 7) is 4.67. The van der Waals surface area contributed by atoms with Crippen molar-refractivity contribution >= 4 is 17.9 Å². The first-order chi connectivity index (χ1) is 42.6. The zero-order valence-electron chi connectivity index (χ0n) is 57.2. The van der Waals surface area contributed by atoms with Crippen molar-refractivity contribution in [2.45, 2.75) is 322 Å². The van der Waals surface area contributed by atoms with E-state index in [-0.39, 0.29) is 32.2 Å². The fourth-order valence-electron chi connectivity index (χ4n) is 10.1. The van der Waals surface area contributed by atoms with E-state index in [4.69, 9.17) is 18.9 Å². The highest BCUT2D eigenvalue weighted by molar-refractivity contribution is 5.71. The Labute approximate surface area is 536 Å². The number of likely N-dealkylation sites (N-methyl/N-ethyl adjacent to an activating group) is 1. The molecule has 0 spiro atoms. The lowest BCUT2D eigenvalue weighted by molar-refractivity contribution is -0.870. The van der Waals surface area contributed by atoms with E-state index in [2.05, 4.69) is 123 Å². The van der Waals surface area contributed by atoms with Crippen LogP contribution in [-0.4, -0.2) is 87.4 Å². The third kappa shape index (κ3) is 69.3. The van der Waals surface area contributed by atoms with Crippen LogP contribution in [0.1, 0.15) is 309 Å². The van der Waals surface area contributed by atoms with E-state index in [1.165, 1.54) is 173 Å². The van der Waals surface area contributed by atoms with Gasteiger partial charge in [0.2, 0.25) is 0 Å². The van der Waals surface area contributed by atoms with Crippen molar-refractivity contribution in [3.05, 3.63) is 109 Å². The van der Waals surface area contributed by atoms with Gasteiger partial charge in [-0.05, 0) is 96.3 Å². The third-order valence-corrected chi connectivity index (χ3v) is 15.5. The van der Waals surface area contributed by atoms with Gasteiger partial charge in [0.1, 0.15) is 13.2 Å². The molecule has 0 bridgehead atoms. The zero-order chi connectivity index (χ0) is 63.3. The van der Waals surface area contributed by atoms with Crippen LogP contribution in [0.15, 0.2) is 109 Å². The fraction of sp³-hybridized carbons (Fsp3) is 0.731. The molecule has 2 unspecified atom stereocenters. The highest BCUT2D eigenvalue weighted by Gasteiger charge is 2.25. The molecule has 500 valence electrons. The van der Waals surface area contributed by atoms with Gasteiger partial charge in [-0.3, -0.25) is 9.59 Å². The van der Waals surface area contributed by atoms with Crippen LogP contribution in [0.5, 0.6) is 0 Å². The van der Waals surface area contributed by atoms with Gasteiger partial charge in [-0.1, -0.05) is 309 Å². The Bertz CT molecular complexity index is 1800. The van der Waals surface area contributed by atoms with Crippen molar-refractivity contribution in [2.24, 2.45) is 0 Å². The quantitative estimate of drug-likeness (QED) is 0.0211. The maximum Gasteiger partial charge on any atom is 0.361 e. The number of ether oxygens (including phenoxy) is 4. The summed E-state index contributed by atoms with van der Waals surface area (Å²) < 4.78 is 23.0. The number of quaternary nitrogens is 1. The van der Waals surface area contributed by atoms with Gasteiger partial charge in [0, 0.05) is 12.8 Å². The number of carboxylic acids is 1. The number of carbonyl (C=O) groups is 3. The number of hydrogen-bond donors (Lipinski definition) is 1. The molecular weight excluding hydrogens is 1080 g/mol. The molecule has 87 heavy (non-hydrogen) atoms. The Kier molecular flexibility index (Phi) is 64.7. The van der Waals surface area contributed by atoms with E-state index in [1.807, 2.05) is 21.1 Å². The number of nitrogens with zero attached hydrogens (tertiary/aromatic N) is 1. The predicted octanol–water partition coefficient (Wildman–Crippen LogP) is 22.6. The summed E-state index contributed by atoms with van der Waals surface area (Å²) in [7, 11) is 5.98. The van der Waals surface area contributed by atoms with E-state index in [1.54, 1.807) is 0 Å². The lowest BCUT2D eigenvalue weighted by atomic mass is 10.0. The molecule has 0 rings (SSSR count). The molecule has 0 fully saturated rings. The molecule has 0 aliphatic rings. The Morgan fingerprint density at radius 2 is 0.621 bits per heavy atom. The van der Waals surface area contributed by atoms with Gasteiger partial charge < -0.3 is 28.5 Å². The van der Waals surface area contributed by atoms with Crippen molar-refractivity contribution in [3.8, 4) is 0 Å². The van der Waals surface area contributed by atoms with Crippen molar-refractivity contribution in [3.63, 3.8) is 0 Å².